The van der Waals surface area contributed by atoms with E-state index in [0.29, 0.717) is 23.7 Å². The number of amides is 2. The number of carbonyl (C=O) groups is 2. The maximum Gasteiger partial charge on any atom is 0.264 e. The Labute approximate surface area is 243 Å². The zero-order chi connectivity index (χ0) is 29.3. The molecule has 40 heavy (non-hydrogen) atoms. The van der Waals surface area contributed by atoms with Crippen molar-refractivity contribution >= 4 is 39.1 Å². The van der Waals surface area contributed by atoms with Crippen molar-refractivity contribution in [3.8, 4) is 0 Å². The fourth-order valence-electron chi connectivity index (χ4n) is 4.29. The van der Waals surface area contributed by atoms with Crippen LogP contribution in [-0.4, -0.2) is 44.3 Å². The van der Waals surface area contributed by atoms with Gasteiger partial charge < -0.3 is 10.2 Å². The number of aryl methyl sites for hydroxylation is 2. The number of sulfonamides is 1. The number of hydrogen-bond acceptors (Lipinski definition) is 4. The molecule has 0 unspecified atom stereocenters. The molecule has 1 atom stereocenters. The molecular formula is C31H38ClN3O4S. The molecule has 0 fully saturated rings. The average Bonchev–Trinajstić information content (AvgIpc) is 2.93. The summed E-state index contributed by atoms with van der Waals surface area (Å²) in [5, 5.41) is 3.34. The number of halogens is 1. The fourth-order valence-corrected chi connectivity index (χ4v) is 5.83. The van der Waals surface area contributed by atoms with E-state index in [1.54, 1.807) is 24.3 Å². The zero-order valence-corrected chi connectivity index (χ0v) is 25.1. The molecule has 0 aliphatic heterocycles. The van der Waals surface area contributed by atoms with Crippen molar-refractivity contribution in [2.45, 2.75) is 64.4 Å². The molecule has 2 amide bonds. The van der Waals surface area contributed by atoms with Gasteiger partial charge in [-0.05, 0) is 68.7 Å². The molecule has 3 rings (SSSR count). The number of anilines is 1. The lowest BCUT2D eigenvalue weighted by Crippen LogP contribution is -2.52. The van der Waals surface area contributed by atoms with Gasteiger partial charge in [-0.3, -0.25) is 13.9 Å². The summed E-state index contributed by atoms with van der Waals surface area (Å²) in [5.41, 5.74) is 3.23. The molecule has 1 N–H and O–H groups in total. The second-order valence-electron chi connectivity index (χ2n) is 9.88. The van der Waals surface area contributed by atoms with E-state index in [0.717, 1.165) is 33.8 Å². The molecule has 0 radical (unpaired) electrons. The minimum Gasteiger partial charge on any atom is -0.354 e. The van der Waals surface area contributed by atoms with Crippen LogP contribution in [0.15, 0.2) is 77.7 Å². The van der Waals surface area contributed by atoms with Crippen molar-refractivity contribution in [2.24, 2.45) is 0 Å². The maximum absolute atomic E-state index is 14.1. The molecular weight excluding hydrogens is 546 g/mol. The normalized spacial score (nSPS) is 12.0. The quantitative estimate of drug-likeness (QED) is 0.255. The highest BCUT2D eigenvalue weighted by molar-refractivity contribution is 7.92. The van der Waals surface area contributed by atoms with Gasteiger partial charge >= 0.3 is 0 Å². The topological polar surface area (TPSA) is 86.8 Å². The highest BCUT2D eigenvalue weighted by Gasteiger charge is 2.33. The van der Waals surface area contributed by atoms with Gasteiger partial charge in [-0.2, -0.15) is 0 Å². The first kappa shape index (κ1) is 31.2. The predicted octanol–water partition coefficient (Wildman–Crippen LogP) is 5.88. The number of unbranched alkanes of at least 4 members (excludes halogenated alkanes) is 1. The van der Waals surface area contributed by atoms with Crippen LogP contribution in [0.4, 0.5) is 5.69 Å². The van der Waals surface area contributed by atoms with Crippen LogP contribution >= 0.6 is 11.6 Å². The van der Waals surface area contributed by atoms with Crippen molar-refractivity contribution in [3.63, 3.8) is 0 Å². The third-order valence-corrected chi connectivity index (χ3v) is 8.73. The van der Waals surface area contributed by atoms with E-state index in [4.69, 9.17) is 11.6 Å². The van der Waals surface area contributed by atoms with Gasteiger partial charge in [0.05, 0.1) is 10.6 Å². The summed E-state index contributed by atoms with van der Waals surface area (Å²) in [5.74, 6) is -0.727. The van der Waals surface area contributed by atoms with E-state index in [9.17, 15) is 18.0 Å². The molecule has 0 saturated heterocycles. The predicted molar refractivity (Wildman–Crippen MR) is 161 cm³/mol. The van der Waals surface area contributed by atoms with E-state index in [-0.39, 0.29) is 17.3 Å². The van der Waals surface area contributed by atoms with Crippen molar-refractivity contribution < 1.29 is 18.0 Å². The van der Waals surface area contributed by atoms with Crippen molar-refractivity contribution in [3.05, 3.63) is 94.5 Å². The number of hydrogen-bond donors (Lipinski definition) is 1. The van der Waals surface area contributed by atoms with E-state index in [2.05, 4.69) is 5.32 Å². The van der Waals surface area contributed by atoms with Gasteiger partial charge in [-0.25, -0.2) is 8.42 Å². The highest BCUT2D eigenvalue weighted by Crippen LogP contribution is 2.26. The summed E-state index contributed by atoms with van der Waals surface area (Å²) in [4.78, 5) is 28.8. The molecule has 3 aromatic rings. The second kappa shape index (κ2) is 14.3. The number of rotatable bonds is 13. The van der Waals surface area contributed by atoms with Gasteiger partial charge in [-0.1, -0.05) is 79.4 Å². The molecule has 0 saturated carbocycles. The van der Waals surface area contributed by atoms with Gasteiger partial charge in [0.1, 0.15) is 12.6 Å². The lowest BCUT2D eigenvalue weighted by Gasteiger charge is -2.33. The smallest absolute Gasteiger partial charge is 0.264 e. The molecule has 0 heterocycles. The minimum atomic E-state index is -4.13. The van der Waals surface area contributed by atoms with E-state index >= 15 is 0 Å². The highest BCUT2D eigenvalue weighted by atomic mass is 35.5. The maximum atomic E-state index is 14.1. The van der Waals surface area contributed by atoms with Gasteiger partial charge in [0.15, 0.2) is 0 Å². The van der Waals surface area contributed by atoms with Crippen LogP contribution in [0.3, 0.4) is 0 Å². The first-order valence-electron chi connectivity index (χ1n) is 13.5. The third-order valence-electron chi connectivity index (χ3n) is 6.69. The van der Waals surface area contributed by atoms with E-state index in [1.165, 1.54) is 29.2 Å². The minimum absolute atomic E-state index is 0.0136. The standard InChI is InChI=1S/C31H38ClN3O4S/c1-5-7-20-33-31(37)29(6-2)34(21-25-12-8-23(3)9-13-25)30(36)22-35(27-16-10-24(4)11-17-27)40(38,39)28-18-14-26(32)15-19-28/h8-19,29H,5-7,20-22H2,1-4H3,(H,33,37)/t29-/m0/s1. The van der Waals surface area contributed by atoms with Crippen LogP contribution in [0.25, 0.3) is 0 Å². The third kappa shape index (κ3) is 8.08. The summed E-state index contributed by atoms with van der Waals surface area (Å²) >= 11 is 6.01. The lowest BCUT2D eigenvalue weighted by atomic mass is 10.1. The second-order valence-corrected chi connectivity index (χ2v) is 12.2. The Hall–Kier alpha value is -3.36. The van der Waals surface area contributed by atoms with Crippen LogP contribution in [0, 0.1) is 13.8 Å². The van der Waals surface area contributed by atoms with Gasteiger partial charge in [0.2, 0.25) is 11.8 Å². The molecule has 214 valence electrons. The zero-order valence-electron chi connectivity index (χ0n) is 23.6. The van der Waals surface area contributed by atoms with Crippen molar-refractivity contribution in [1.29, 1.82) is 0 Å². The molecule has 9 heteroatoms. The molecule has 0 aliphatic carbocycles. The molecule has 0 spiro atoms. The van der Waals surface area contributed by atoms with Crippen LogP contribution in [0.1, 0.15) is 49.8 Å². The van der Waals surface area contributed by atoms with Crippen LogP contribution in [0.2, 0.25) is 5.02 Å². The number of nitrogens with zero attached hydrogens (tertiary/aromatic N) is 2. The van der Waals surface area contributed by atoms with E-state index in [1.807, 2.05) is 52.0 Å². The monoisotopic (exact) mass is 583 g/mol. The summed E-state index contributed by atoms with van der Waals surface area (Å²) < 4.78 is 28.8. The largest absolute Gasteiger partial charge is 0.354 e. The van der Waals surface area contributed by atoms with Gasteiger partial charge in [0, 0.05) is 18.1 Å². The molecule has 3 aromatic carbocycles. The molecule has 7 nitrogen and oxygen atoms in total. The Balaban J connectivity index is 2.02. The number of carbonyl (C=O) groups excluding carboxylic acids is 2. The molecule has 0 aliphatic rings. The average molecular weight is 584 g/mol. The number of nitrogens with one attached hydrogen (secondary N) is 1. The van der Waals surface area contributed by atoms with Gasteiger partial charge in [-0.15, -0.1) is 0 Å². The Bertz CT molecular complexity index is 1380. The van der Waals surface area contributed by atoms with Crippen molar-refractivity contribution in [2.75, 3.05) is 17.4 Å². The van der Waals surface area contributed by atoms with Crippen LogP contribution in [0.5, 0.6) is 0 Å². The fraction of sp³-hybridized carbons (Fsp3) is 0.355. The first-order valence-corrected chi connectivity index (χ1v) is 15.4. The molecule has 0 aromatic heterocycles. The Kier molecular flexibility index (Phi) is 11.2. The summed E-state index contributed by atoms with van der Waals surface area (Å²) in [7, 11) is -4.13. The Morgan fingerprint density at radius 1 is 0.875 bits per heavy atom. The van der Waals surface area contributed by atoms with Crippen LogP contribution < -0.4 is 9.62 Å². The van der Waals surface area contributed by atoms with Gasteiger partial charge in [0.25, 0.3) is 10.0 Å². The van der Waals surface area contributed by atoms with Crippen LogP contribution in [-0.2, 0) is 26.2 Å². The lowest BCUT2D eigenvalue weighted by molar-refractivity contribution is -0.140. The number of benzene rings is 3. The molecule has 0 bridgehead atoms. The first-order chi connectivity index (χ1) is 19.1. The van der Waals surface area contributed by atoms with Crippen molar-refractivity contribution in [1.82, 2.24) is 10.2 Å². The Morgan fingerprint density at radius 3 is 2.00 bits per heavy atom. The van der Waals surface area contributed by atoms with E-state index < -0.39 is 28.5 Å². The summed E-state index contributed by atoms with van der Waals surface area (Å²) in [6, 6.07) is 19.8. The Morgan fingerprint density at radius 2 is 1.45 bits per heavy atom. The summed E-state index contributed by atoms with van der Waals surface area (Å²) in [6.07, 6.45) is 2.13. The summed E-state index contributed by atoms with van der Waals surface area (Å²) in [6.45, 7) is 7.97. The SMILES string of the molecule is CCCCNC(=O)[C@H](CC)N(Cc1ccc(C)cc1)C(=O)CN(c1ccc(C)cc1)S(=O)(=O)c1ccc(Cl)cc1.